The zero-order valence-corrected chi connectivity index (χ0v) is 12.4. The molecule has 2 heteroatoms. The third kappa shape index (κ3) is 2.51. The molecule has 106 valence electrons. The van der Waals surface area contributed by atoms with Crippen molar-refractivity contribution in [2.75, 3.05) is 0 Å². The molecule has 0 heterocycles. The molecular formula is C18H22O2. The second-order valence-corrected chi connectivity index (χ2v) is 5.02. The first kappa shape index (κ1) is 14.4. The topological polar surface area (TPSA) is 40.5 Å². The van der Waals surface area contributed by atoms with Gasteiger partial charge in [-0.05, 0) is 47.6 Å². The number of benzene rings is 2. The molecule has 0 aliphatic rings. The third-order valence-corrected chi connectivity index (χ3v) is 3.87. The van der Waals surface area contributed by atoms with E-state index in [0.29, 0.717) is 12.8 Å². The van der Waals surface area contributed by atoms with Gasteiger partial charge in [-0.25, -0.2) is 0 Å². The van der Waals surface area contributed by atoms with Gasteiger partial charge in [0.25, 0.3) is 0 Å². The van der Waals surface area contributed by atoms with Gasteiger partial charge in [0.2, 0.25) is 0 Å². The molecule has 2 nitrogen and oxygen atoms in total. The van der Waals surface area contributed by atoms with Crippen molar-refractivity contribution in [2.45, 2.75) is 40.0 Å². The van der Waals surface area contributed by atoms with Gasteiger partial charge in [0.05, 0.1) is 0 Å². The van der Waals surface area contributed by atoms with E-state index in [9.17, 15) is 10.2 Å². The van der Waals surface area contributed by atoms with E-state index in [4.69, 9.17) is 0 Å². The molecule has 20 heavy (non-hydrogen) atoms. The van der Waals surface area contributed by atoms with Crippen LogP contribution in [0.3, 0.4) is 0 Å². The number of phenols is 2. The quantitative estimate of drug-likeness (QED) is 0.806. The van der Waals surface area contributed by atoms with Crippen LogP contribution < -0.4 is 0 Å². The Balaban J connectivity index is 2.61. The van der Waals surface area contributed by atoms with Crippen molar-refractivity contribution in [1.29, 1.82) is 0 Å². The minimum Gasteiger partial charge on any atom is -0.504 e. The summed E-state index contributed by atoms with van der Waals surface area (Å²) in [6.07, 6.45) is 2.40. The first-order chi connectivity index (χ1) is 9.62. The van der Waals surface area contributed by atoms with E-state index in [-0.39, 0.29) is 11.5 Å². The van der Waals surface area contributed by atoms with Crippen LogP contribution in [0.1, 0.15) is 37.5 Å². The molecule has 0 saturated carbocycles. The van der Waals surface area contributed by atoms with Gasteiger partial charge >= 0.3 is 0 Å². The predicted molar refractivity (Wildman–Crippen MR) is 83.3 cm³/mol. The van der Waals surface area contributed by atoms with Gasteiger partial charge in [-0.15, -0.1) is 0 Å². The van der Waals surface area contributed by atoms with Gasteiger partial charge in [-0.3, -0.25) is 0 Å². The zero-order valence-electron chi connectivity index (χ0n) is 12.4. The molecule has 0 bridgehead atoms. The minimum atomic E-state index is 0.0262. The molecule has 2 rings (SSSR count). The molecule has 0 atom stereocenters. The Kier molecular flexibility index (Phi) is 4.33. The molecule has 0 aliphatic carbocycles. The average molecular weight is 270 g/mol. The highest BCUT2D eigenvalue weighted by Gasteiger charge is 2.16. The standard InChI is InChI=1S/C18H22O2/c1-4-12-7-9-14(10-8-12)16-11-13(5-2)17(19)18(20)15(16)6-3/h7-11,19-20H,4-6H2,1-3H3. The molecule has 0 aromatic heterocycles. The number of phenolic OH excluding ortho intramolecular Hbond substituents is 2. The summed E-state index contributed by atoms with van der Waals surface area (Å²) in [6, 6.07) is 10.4. The lowest BCUT2D eigenvalue weighted by atomic mass is 9.92. The Morgan fingerprint density at radius 1 is 0.800 bits per heavy atom. The normalized spacial score (nSPS) is 10.8. The Bertz CT molecular complexity index is 598. The molecule has 0 unspecified atom stereocenters. The highest BCUT2D eigenvalue weighted by atomic mass is 16.3. The largest absolute Gasteiger partial charge is 0.504 e. The maximum atomic E-state index is 10.2. The van der Waals surface area contributed by atoms with Crippen molar-refractivity contribution in [1.82, 2.24) is 0 Å². The Morgan fingerprint density at radius 3 is 1.95 bits per heavy atom. The molecule has 0 fully saturated rings. The van der Waals surface area contributed by atoms with Crippen LogP contribution in [0.25, 0.3) is 11.1 Å². The predicted octanol–water partition coefficient (Wildman–Crippen LogP) is 4.45. The number of aromatic hydroxyl groups is 2. The van der Waals surface area contributed by atoms with E-state index in [1.807, 2.05) is 19.9 Å². The van der Waals surface area contributed by atoms with Gasteiger partial charge in [-0.1, -0.05) is 45.0 Å². The van der Waals surface area contributed by atoms with Crippen LogP contribution in [0.4, 0.5) is 0 Å². The zero-order chi connectivity index (χ0) is 14.7. The van der Waals surface area contributed by atoms with Gasteiger partial charge < -0.3 is 10.2 Å². The van der Waals surface area contributed by atoms with E-state index in [1.165, 1.54) is 5.56 Å². The van der Waals surface area contributed by atoms with Crippen LogP contribution in [-0.2, 0) is 19.3 Å². The molecule has 2 aromatic rings. The second kappa shape index (κ2) is 6.00. The summed E-state index contributed by atoms with van der Waals surface area (Å²) in [5, 5.41) is 20.2. The molecule has 2 aromatic carbocycles. The summed E-state index contributed by atoms with van der Waals surface area (Å²) in [5.41, 5.74) is 5.00. The average Bonchev–Trinajstić information content (AvgIpc) is 2.50. The third-order valence-electron chi connectivity index (χ3n) is 3.87. The van der Waals surface area contributed by atoms with E-state index >= 15 is 0 Å². The highest BCUT2D eigenvalue weighted by molar-refractivity contribution is 5.74. The molecule has 2 N–H and O–H groups in total. The molecule has 0 aliphatic heterocycles. The monoisotopic (exact) mass is 270 g/mol. The summed E-state index contributed by atoms with van der Waals surface area (Å²) in [4.78, 5) is 0. The molecule has 0 spiro atoms. The van der Waals surface area contributed by atoms with Crippen LogP contribution in [-0.4, -0.2) is 10.2 Å². The first-order valence-corrected chi connectivity index (χ1v) is 7.28. The second-order valence-electron chi connectivity index (χ2n) is 5.02. The van der Waals surface area contributed by atoms with Crippen molar-refractivity contribution < 1.29 is 10.2 Å². The van der Waals surface area contributed by atoms with E-state index in [1.54, 1.807) is 0 Å². The number of aryl methyl sites for hydroxylation is 2. The Labute approximate surface area is 120 Å². The number of rotatable bonds is 4. The van der Waals surface area contributed by atoms with Crippen molar-refractivity contribution in [2.24, 2.45) is 0 Å². The minimum absolute atomic E-state index is 0.0262. The molecule has 0 saturated heterocycles. The SMILES string of the molecule is CCc1ccc(-c2cc(CC)c(O)c(O)c2CC)cc1. The van der Waals surface area contributed by atoms with Gasteiger partial charge in [0.15, 0.2) is 11.5 Å². The van der Waals surface area contributed by atoms with Crippen molar-refractivity contribution in [3.05, 3.63) is 47.0 Å². The van der Waals surface area contributed by atoms with E-state index in [0.717, 1.165) is 28.7 Å². The van der Waals surface area contributed by atoms with Gasteiger partial charge in [-0.2, -0.15) is 0 Å². The fourth-order valence-electron chi connectivity index (χ4n) is 2.56. The fraction of sp³-hybridized carbons (Fsp3) is 0.333. The molecular weight excluding hydrogens is 248 g/mol. The first-order valence-electron chi connectivity index (χ1n) is 7.28. The van der Waals surface area contributed by atoms with Crippen molar-refractivity contribution in [3.63, 3.8) is 0 Å². The van der Waals surface area contributed by atoms with Crippen molar-refractivity contribution in [3.8, 4) is 22.6 Å². The summed E-state index contributed by atoms with van der Waals surface area (Å²) in [6.45, 7) is 6.10. The number of hydrogen-bond donors (Lipinski definition) is 2. The van der Waals surface area contributed by atoms with Gasteiger partial charge in [0, 0.05) is 5.56 Å². The highest BCUT2D eigenvalue weighted by Crippen LogP contribution is 2.40. The van der Waals surface area contributed by atoms with Crippen LogP contribution in [0.2, 0.25) is 0 Å². The van der Waals surface area contributed by atoms with Gasteiger partial charge in [0.1, 0.15) is 0 Å². The Morgan fingerprint density at radius 2 is 1.45 bits per heavy atom. The maximum Gasteiger partial charge on any atom is 0.161 e. The smallest absolute Gasteiger partial charge is 0.161 e. The lowest BCUT2D eigenvalue weighted by molar-refractivity contribution is 0.396. The lowest BCUT2D eigenvalue weighted by Crippen LogP contribution is -1.94. The summed E-state index contributed by atoms with van der Waals surface area (Å²) >= 11 is 0. The molecule has 0 radical (unpaired) electrons. The van der Waals surface area contributed by atoms with Crippen LogP contribution in [0.5, 0.6) is 11.5 Å². The lowest BCUT2D eigenvalue weighted by Gasteiger charge is -2.15. The summed E-state index contributed by atoms with van der Waals surface area (Å²) in [7, 11) is 0. The van der Waals surface area contributed by atoms with E-state index in [2.05, 4.69) is 31.2 Å². The van der Waals surface area contributed by atoms with Crippen LogP contribution in [0, 0.1) is 0 Å². The Hall–Kier alpha value is -1.96. The van der Waals surface area contributed by atoms with E-state index < -0.39 is 0 Å². The summed E-state index contributed by atoms with van der Waals surface area (Å²) in [5.74, 6) is 0.0553. The fourth-order valence-corrected chi connectivity index (χ4v) is 2.56. The summed E-state index contributed by atoms with van der Waals surface area (Å²) < 4.78 is 0. The van der Waals surface area contributed by atoms with Crippen LogP contribution >= 0.6 is 0 Å². The van der Waals surface area contributed by atoms with Crippen LogP contribution in [0.15, 0.2) is 30.3 Å². The van der Waals surface area contributed by atoms with Crippen molar-refractivity contribution >= 4 is 0 Å². The maximum absolute atomic E-state index is 10.2. The molecule has 0 amide bonds. The number of hydrogen-bond acceptors (Lipinski definition) is 2.